The monoisotopic (exact) mass is 376 g/mol. The van der Waals surface area contributed by atoms with Gasteiger partial charge in [0.05, 0.1) is 11.8 Å². The molecule has 1 atom stereocenters. The van der Waals surface area contributed by atoms with Gasteiger partial charge in [0.2, 0.25) is 0 Å². The first-order valence-corrected chi connectivity index (χ1v) is 9.50. The van der Waals surface area contributed by atoms with E-state index in [1.807, 2.05) is 42.5 Å². The molecule has 4 aromatic carbocycles. The van der Waals surface area contributed by atoms with Crippen molar-refractivity contribution >= 4 is 21.7 Å². The van der Waals surface area contributed by atoms with Crippen molar-refractivity contribution in [1.82, 2.24) is 4.98 Å². The molecule has 3 heteroatoms. The predicted octanol–water partition coefficient (Wildman–Crippen LogP) is 6.78. The molecule has 0 radical (unpaired) electrons. The molecule has 0 bridgehead atoms. The number of hydrogen-bond acceptors (Lipinski definition) is 1. The van der Waals surface area contributed by atoms with Crippen LogP contribution in [-0.4, -0.2) is 4.98 Å². The SMILES string of the molecule is N#CC(c1ccccc1F)c1c(-c2ccc3ccccc3c2)[nH]c2ccccc12. The van der Waals surface area contributed by atoms with Crippen LogP contribution in [0.15, 0.2) is 91.0 Å². The van der Waals surface area contributed by atoms with Gasteiger partial charge >= 0.3 is 0 Å². The van der Waals surface area contributed by atoms with E-state index in [2.05, 4.69) is 35.3 Å². The normalized spacial score (nSPS) is 12.1. The molecule has 0 aliphatic carbocycles. The molecule has 0 saturated heterocycles. The number of para-hydroxylation sites is 1. The molecule has 1 aromatic heterocycles. The zero-order chi connectivity index (χ0) is 19.8. The summed E-state index contributed by atoms with van der Waals surface area (Å²) in [7, 11) is 0. The summed E-state index contributed by atoms with van der Waals surface area (Å²) in [5.41, 5.74) is 3.96. The molecule has 1 unspecified atom stereocenters. The van der Waals surface area contributed by atoms with Crippen LogP contribution in [0.5, 0.6) is 0 Å². The fraction of sp³-hybridized carbons (Fsp3) is 0.0385. The Morgan fingerprint density at radius 1 is 0.793 bits per heavy atom. The highest BCUT2D eigenvalue weighted by molar-refractivity contribution is 5.95. The summed E-state index contributed by atoms with van der Waals surface area (Å²) in [6.07, 6.45) is 0. The first-order valence-electron chi connectivity index (χ1n) is 9.50. The third-order valence-electron chi connectivity index (χ3n) is 5.42. The van der Waals surface area contributed by atoms with Crippen LogP contribution >= 0.6 is 0 Å². The minimum Gasteiger partial charge on any atom is -0.354 e. The molecule has 5 rings (SSSR count). The van der Waals surface area contributed by atoms with Crippen LogP contribution in [0.25, 0.3) is 32.9 Å². The Morgan fingerprint density at radius 2 is 1.52 bits per heavy atom. The first-order chi connectivity index (χ1) is 14.3. The number of aromatic nitrogens is 1. The Hall–Kier alpha value is -3.90. The first kappa shape index (κ1) is 17.2. The molecular weight excluding hydrogens is 359 g/mol. The molecule has 5 aromatic rings. The Kier molecular flexibility index (Phi) is 4.11. The largest absolute Gasteiger partial charge is 0.354 e. The summed E-state index contributed by atoms with van der Waals surface area (Å²) in [5.74, 6) is -1.08. The highest BCUT2D eigenvalue weighted by Crippen LogP contribution is 2.39. The number of aromatic amines is 1. The Labute approximate surface area is 167 Å². The van der Waals surface area contributed by atoms with Gasteiger partial charge in [0.1, 0.15) is 11.7 Å². The van der Waals surface area contributed by atoms with E-state index in [4.69, 9.17) is 0 Å². The number of nitrogens with one attached hydrogen (secondary N) is 1. The number of fused-ring (bicyclic) bond motifs is 2. The molecule has 0 amide bonds. The molecule has 1 N–H and O–H groups in total. The minimum absolute atomic E-state index is 0.367. The lowest BCUT2D eigenvalue weighted by atomic mass is 9.88. The zero-order valence-corrected chi connectivity index (χ0v) is 15.6. The Bertz CT molecular complexity index is 1390. The number of benzene rings is 4. The van der Waals surface area contributed by atoms with Crippen molar-refractivity contribution < 1.29 is 4.39 Å². The van der Waals surface area contributed by atoms with E-state index in [1.54, 1.807) is 18.2 Å². The highest BCUT2D eigenvalue weighted by Gasteiger charge is 2.25. The van der Waals surface area contributed by atoms with Crippen LogP contribution < -0.4 is 0 Å². The molecule has 1 heterocycles. The zero-order valence-electron chi connectivity index (χ0n) is 15.6. The minimum atomic E-state index is -0.714. The van der Waals surface area contributed by atoms with Gasteiger partial charge in [0.15, 0.2) is 0 Å². The highest BCUT2D eigenvalue weighted by atomic mass is 19.1. The number of nitrogens with zero attached hydrogens (tertiary/aromatic N) is 1. The van der Waals surface area contributed by atoms with Crippen molar-refractivity contribution in [3.05, 3.63) is 108 Å². The third kappa shape index (κ3) is 2.86. The predicted molar refractivity (Wildman–Crippen MR) is 115 cm³/mol. The average Bonchev–Trinajstić information content (AvgIpc) is 3.15. The van der Waals surface area contributed by atoms with E-state index in [9.17, 15) is 9.65 Å². The average molecular weight is 376 g/mol. The molecule has 2 nitrogen and oxygen atoms in total. The van der Waals surface area contributed by atoms with Crippen molar-refractivity contribution in [3.63, 3.8) is 0 Å². The van der Waals surface area contributed by atoms with Crippen molar-refractivity contribution in [3.8, 4) is 17.3 Å². The van der Waals surface area contributed by atoms with Crippen LogP contribution in [0.1, 0.15) is 17.0 Å². The fourth-order valence-electron chi connectivity index (χ4n) is 4.03. The number of halogens is 1. The standard InChI is InChI=1S/C26H17FN2/c27-23-11-5-3-9-20(23)22(16-28)25-21-10-4-6-12-24(21)29-26(25)19-14-13-17-7-1-2-8-18(17)15-19/h1-15,22,29H. The topological polar surface area (TPSA) is 39.6 Å². The van der Waals surface area contributed by atoms with Gasteiger partial charge in [-0.25, -0.2) is 4.39 Å². The summed E-state index contributed by atoms with van der Waals surface area (Å²) in [5, 5.41) is 13.3. The van der Waals surface area contributed by atoms with E-state index in [0.29, 0.717) is 5.56 Å². The van der Waals surface area contributed by atoms with Crippen LogP contribution in [0.4, 0.5) is 4.39 Å². The third-order valence-corrected chi connectivity index (χ3v) is 5.42. The van der Waals surface area contributed by atoms with Crippen molar-refractivity contribution in [2.24, 2.45) is 0 Å². The van der Waals surface area contributed by atoms with Crippen molar-refractivity contribution in [2.75, 3.05) is 0 Å². The summed E-state index contributed by atoms with van der Waals surface area (Å²) < 4.78 is 14.6. The van der Waals surface area contributed by atoms with Crippen LogP contribution in [0, 0.1) is 17.1 Å². The molecule has 0 fully saturated rings. The summed E-state index contributed by atoms with van der Waals surface area (Å²) in [6, 6.07) is 31.1. The molecule has 0 aliphatic heterocycles. The van der Waals surface area contributed by atoms with E-state index in [1.165, 1.54) is 6.07 Å². The number of H-pyrrole nitrogens is 1. The maximum atomic E-state index is 14.6. The van der Waals surface area contributed by atoms with Gasteiger partial charge in [-0.1, -0.05) is 72.8 Å². The molecule has 138 valence electrons. The van der Waals surface area contributed by atoms with Gasteiger partial charge in [-0.2, -0.15) is 5.26 Å². The second-order valence-electron chi connectivity index (χ2n) is 7.10. The number of rotatable bonds is 3. The van der Waals surface area contributed by atoms with Crippen LogP contribution in [0.2, 0.25) is 0 Å². The Balaban J connectivity index is 1.80. The van der Waals surface area contributed by atoms with Gasteiger partial charge in [0.25, 0.3) is 0 Å². The lowest BCUT2D eigenvalue weighted by molar-refractivity contribution is 0.609. The lowest BCUT2D eigenvalue weighted by Crippen LogP contribution is -2.02. The molecule has 0 spiro atoms. The van der Waals surface area contributed by atoms with Gasteiger partial charge in [0, 0.05) is 22.0 Å². The smallest absolute Gasteiger partial charge is 0.128 e. The van der Waals surface area contributed by atoms with Crippen LogP contribution in [-0.2, 0) is 0 Å². The second kappa shape index (κ2) is 6.92. The summed E-state index contributed by atoms with van der Waals surface area (Å²) in [4.78, 5) is 3.48. The maximum Gasteiger partial charge on any atom is 0.128 e. The second-order valence-corrected chi connectivity index (χ2v) is 7.10. The quantitative estimate of drug-likeness (QED) is 0.370. The lowest BCUT2D eigenvalue weighted by Gasteiger charge is -2.13. The maximum absolute atomic E-state index is 14.6. The van der Waals surface area contributed by atoms with Gasteiger partial charge in [-0.3, -0.25) is 0 Å². The fourth-order valence-corrected chi connectivity index (χ4v) is 4.03. The number of nitriles is 1. The number of hydrogen-bond donors (Lipinski definition) is 1. The van der Waals surface area contributed by atoms with Crippen molar-refractivity contribution in [2.45, 2.75) is 5.92 Å². The molecule has 29 heavy (non-hydrogen) atoms. The summed E-state index contributed by atoms with van der Waals surface area (Å²) in [6.45, 7) is 0. The Morgan fingerprint density at radius 3 is 2.34 bits per heavy atom. The molecular formula is C26H17FN2. The molecule has 0 aliphatic rings. The van der Waals surface area contributed by atoms with Crippen molar-refractivity contribution in [1.29, 1.82) is 5.26 Å². The molecule has 0 saturated carbocycles. The van der Waals surface area contributed by atoms with Gasteiger partial charge < -0.3 is 4.98 Å². The van der Waals surface area contributed by atoms with E-state index in [-0.39, 0.29) is 5.82 Å². The van der Waals surface area contributed by atoms with Gasteiger partial charge in [-0.15, -0.1) is 0 Å². The van der Waals surface area contributed by atoms with Gasteiger partial charge in [-0.05, 0) is 34.5 Å². The van der Waals surface area contributed by atoms with Crippen LogP contribution in [0.3, 0.4) is 0 Å². The van der Waals surface area contributed by atoms with E-state index >= 15 is 0 Å². The van der Waals surface area contributed by atoms with E-state index in [0.717, 1.165) is 38.5 Å². The van der Waals surface area contributed by atoms with E-state index < -0.39 is 5.92 Å². The summed E-state index contributed by atoms with van der Waals surface area (Å²) >= 11 is 0.